The summed E-state index contributed by atoms with van der Waals surface area (Å²) < 4.78 is 34.2. The van der Waals surface area contributed by atoms with Crippen molar-refractivity contribution in [3.05, 3.63) is 64.7 Å². The fraction of sp³-hybridized carbons (Fsp3) is 0.538. The van der Waals surface area contributed by atoms with Crippen LogP contribution >= 0.6 is 0 Å². The van der Waals surface area contributed by atoms with Crippen LogP contribution in [-0.4, -0.2) is 70.1 Å². The van der Waals surface area contributed by atoms with E-state index in [4.69, 9.17) is 28.4 Å². The van der Waals surface area contributed by atoms with Crippen molar-refractivity contribution in [3.63, 3.8) is 0 Å². The van der Waals surface area contributed by atoms with Gasteiger partial charge in [-0.3, -0.25) is 19.2 Å². The van der Waals surface area contributed by atoms with Crippen LogP contribution in [-0.2, 0) is 49.3 Å². The highest BCUT2D eigenvalue weighted by Crippen LogP contribution is 2.41. The Morgan fingerprint density at radius 2 is 1.28 bits per heavy atom. The van der Waals surface area contributed by atoms with Crippen LogP contribution in [0, 0.1) is 11.5 Å². The van der Waals surface area contributed by atoms with Crippen molar-refractivity contribution in [2.75, 3.05) is 13.7 Å². The largest absolute Gasteiger partial charge is 0.496 e. The molecule has 1 heterocycles. The summed E-state index contributed by atoms with van der Waals surface area (Å²) in [7, 11) is -0.293. The van der Waals surface area contributed by atoms with Gasteiger partial charge in [0.2, 0.25) is 0 Å². The van der Waals surface area contributed by atoms with Gasteiger partial charge in [0.1, 0.15) is 32.6 Å². The number of esters is 4. The number of rotatable bonds is 12. The average Bonchev–Trinajstić information content (AvgIpc) is 3.02. The van der Waals surface area contributed by atoms with Crippen molar-refractivity contribution in [1.82, 2.24) is 0 Å². The third kappa shape index (κ3) is 9.98. The molecule has 1 aliphatic heterocycles. The molecule has 0 amide bonds. The van der Waals surface area contributed by atoms with E-state index in [2.05, 4.69) is 53.0 Å². The summed E-state index contributed by atoms with van der Waals surface area (Å²) in [5.74, 6) is 1.51. The Bertz CT molecular complexity index is 1550. The van der Waals surface area contributed by atoms with Gasteiger partial charge in [-0.1, -0.05) is 65.7 Å². The van der Waals surface area contributed by atoms with Gasteiger partial charge in [-0.25, -0.2) is 0 Å². The number of carbonyl (C=O) groups excluding carboxylic acids is 4. The number of methoxy groups -OCH3 is 1. The molecule has 0 N–H and O–H groups in total. The molecule has 272 valence electrons. The minimum absolute atomic E-state index is 0.304. The van der Waals surface area contributed by atoms with E-state index in [9.17, 15) is 19.2 Å². The average molecular weight is 709 g/mol. The van der Waals surface area contributed by atoms with Crippen LogP contribution in [0.15, 0.2) is 42.5 Å². The third-order valence-corrected chi connectivity index (χ3v) is 15.6. The van der Waals surface area contributed by atoms with Crippen molar-refractivity contribution in [1.29, 1.82) is 0 Å². The first-order valence-corrected chi connectivity index (χ1v) is 19.3. The molecular formula is C39H52O10Si. The lowest BCUT2D eigenvalue weighted by atomic mass is 9.89. The SMILES string of the molecule is COc1ccc(C2O[C@H](COC(C)=O)[C@@H](OC(C)=O)[C@H](OC(C)=O)[C@H]2OC(C)=O)cc1Cc1ccc(C#C[Si](C(C)C)(C(C)C)C(C)C)cc1. The molecule has 10 nitrogen and oxygen atoms in total. The summed E-state index contributed by atoms with van der Waals surface area (Å²) in [6, 6.07) is 13.6. The quantitative estimate of drug-likeness (QED) is 0.102. The Morgan fingerprint density at radius 1 is 0.740 bits per heavy atom. The monoisotopic (exact) mass is 708 g/mol. The normalized spacial score (nSPS) is 20.5. The molecule has 11 heteroatoms. The van der Waals surface area contributed by atoms with Gasteiger partial charge < -0.3 is 28.4 Å². The zero-order valence-corrected chi connectivity index (χ0v) is 32.2. The molecule has 3 rings (SSSR count). The van der Waals surface area contributed by atoms with Gasteiger partial charge in [0.25, 0.3) is 0 Å². The first-order chi connectivity index (χ1) is 23.5. The molecule has 2 aromatic carbocycles. The predicted octanol–water partition coefficient (Wildman–Crippen LogP) is 6.65. The van der Waals surface area contributed by atoms with Crippen LogP contribution in [0.1, 0.15) is 97.6 Å². The Kier molecular flexibility index (Phi) is 14.2. The minimum atomic E-state index is -1.88. The molecule has 0 bridgehead atoms. The molecule has 1 fully saturated rings. The molecule has 2 aromatic rings. The van der Waals surface area contributed by atoms with Crippen molar-refractivity contribution in [2.45, 2.75) is 123 Å². The van der Waals surface area contributed by atoms with Crippen LogP contribution in [0.4, 0.5) is 0 Å². The van der Waals surface area contributed by atoms with Crippen molar-refractivity contribution in [2.24, 2.45) is 0 Å². The van der Waals surface area contributed by atoms with Crippen LogP contribution in [0.2, 0.25) is 16.6 Å². The van der Waals surface area contributed by atoms with Gasteiger partial charge in [-0.15, -0.1) is 5.54 Å². The summed E-state index contributed by atoms with van der Waals surface area (Å²) in [5, 5.41) is 0. The van der Waals surface area contributed by atoms with Crippen molar-refractivity contribution in [3.8, 4) is 17.2 Å². The van der Waals surface area contributed by atoms with E-state index in [0.29, 0.717) is 34.4 Å². The lowest BCUT2D eigenvalue weighted by Gasteiger charge is -2.44. The summed E-state index contributed by atoms with van der Waals surface area (Å²) in [5.41, 5.74) is 8.78. The smallest absolute Gasteiger partial charge is 0.303 e. The van der Waals surface area contributed by atoms with Gasteiger partial charge in [0.15, 0.2) is 18.3 Å². The number of benzene rings is 2. The molecule has 1 unspecified atom stereocenters. The van der Waals surface area contributed by atoms with Gasteiger partial charge in [-0.05, 0) is 57.6 Å². The molecule has 5 atom stereocenters. The van der Waals surface area contributed by atoms with Crippen LogP contribution < -0.4 is 4.74 Å². The highest BCUT2D eigenvalue weighted by atomic mass is 28.3. The molecule has 1 saturated heterocycles. The number of hydrogen-bond donors (Lipinski definition) is 0. The second-order valence-corrected chi connectivity index (χ2v) is 19.3. The van der Waals surface area contributed by atoms with E-state index in [1.165, 1.54) is 27.7 Å². The van der Waals surface area contributed by atoms with E-state index in [-0.39, 0.29) is 6.61 Å². The predicted molar refractivity (Wildman–Crippen MR) is 191 cm³/mol. The highest BCUT2D eigenvalue weighted by molar-refractivity contribution is 6.90. The number of carbonyl (C=O) groups is 4. The Balaban J connectivity index is 2.03. The molecule has 0 saturated carbocycles. The Morgan fingerprint density at radius 3 is 1.78 bits per heavy atom. The van der Waals surface area contributed by atoms with E-state index in [1.54, 1.807) is 19.2 Å². The first kappa shape index (κ1) is 40.3. The summed E-state index contributed by atoms with van der Waals surface area (Å²) in [6.45, 7) is 18.3. The maximum Gasteiger partial charge on any atom is 0.303 e. The molecular weight excluding hydrogens is 657 g/mol. The lowest BCUT2D eigenvalue weighted by Crippen LogP contribution is -2.59. The Labute approximate surface area is 297 Å². The van der Waals surface area contributed by atoms with Crippen LogP contribution in [0.5, 0.6) is 5.75 Å². The third-order valence-electron chi connectivity index (χ3n) is 9.26. The van der Waals surface area contributed by atoms with E-state index < -0.39 is 62.5 Å². The maximum absolute atomic E-state index is 12.4. The molecule has 0 spiro atoms. The molecule has 1 aliphatic rings. The number of hydrogen-bond acceptors (Lipinski definition) is 10. The number of ether oxygens (including phenoxy) is 6. The van der Waals surface area contributed by atoms with Gasteiger partial charge in [-0.2, -0.15) is 0 Å². The van der Waals surface area contributed by atoms with Crippen molar-refractivity contribution >= 4 is 32.0 Å². The summed E-state index contributed by atoms with van der Waals surface area (Å²) in [6.07, 6.45) is -5.24. The van der Waals surface area contributed by atoms with Crippen LogP contribution in [0.3, 0.4) is 0 Å². The zero-order chi connectivity index (χ0) is 37.3. The van der Waals surface area contributed by atoms with Gasteiger partial charge in [0.05, 0.1) is 7.11 Å². The highest BCUT2D eigenvalue weighted by Gasteiger charge is 2.52. The Hall–Kier alpha value is -4.14. The minimum Gasteiger partial charge on any atom is -0.496 e. The standard InChI is InChI=1S/C39H52O10Si/c1-23(2)50(24(3)4,25(5)6)19-18-30-12-14-31(15-13-30)20-33-21-32(16-17-34(33)44-11)36-38(47-28(9)42)39(48-29(10)43)37(46-27(8)41)35(49-36)22-45-26(7)40/h12-17,21,23-25,35-39H,20,22H2,1-11H3/t35-,36?,37-,38+,39+/m1/s1. The second-order valence-electron chi connectivity index (χ2n) is 13.7. The van der Waals surface area contributed by atoms with Gasteiger partial charge >= 0.3 is 23.9 Å². The molecule has 50 heavy (non-hydrogen) atoms. The topological polar surface area (TPSA) is 124 Å². The van der Waals surface area contributed by atoms with E-state index in [1.807, 2.05) is 30.3 Å². The maximum atomic E-state index is 12.4. The summed E-state index contributed by atoms with van der Waals surface area (Å²) >= 11 is 0. The lowest BCUT2D eigenvalue weighted by molar-refractivity contribution is -0.254. The van der Waals surface area contributed by atoms with E-state index in [0.717, 1.165) is 16.7 Å². The molecule has 0 aliphatic carbocycles. The van der Waals surface area contributed by atoms with Crippen LogP contribution in [0.25, 0.3) is 0 Å². The second kappa shape index (κ2) is 17.7. The molecule has 0 aromatic heterocycles. The zero-order valence-electron chi connectivity index (χ0n) is 31.2. The fourth-order valence-electron chi connectivity index (χ4n) is 7.15. The summed E-state index contributed by atoms with van der Waals surface area (Å²) in [4.78, 5) is 48.5. The fourth-order valence-corrected chi connectivity index (χ4v) is 12.4. The van der Waals surface area contributed by atoms with Gasteiger partial charge in [0, 0.05) is 39.7 Å². The van der Waals surface area contributed by atoms with Crippen molar-refractivity contribution < 1.29 is 47.6 Å². The van der Waals surface area contributed by atoms with E-state index >= 15 is 0 Å². The molecule has 0 radical (unpaired) electrons. The first-order valence-electron chi connectivity index (χ1n) is 17.1.